The second-order valence-corrected chi connectivity index (χ2v) is 5.99. The van der Waals surface area contributed by atoms with Crippen molar-refractivity contribution >= 4 is 5.97 Å². The molecule has 0 amide bonds. The van der Waals surface area contributed by atoms with Crippen LogP contribution in [0, 0.1) is 12.7 Å². The third kappa shape index (κ3) is 3.98. The molecule has 0 aliphatic heterocycles. The van der Waals surface area contributed by atoms with Gasteiger partial charge in [0.05, 0.1) is 17.1 Å². The summed E-state index contributed by atoms with van der Waals surface area (Å²) in [5.41, 5.74) is 2.05. The second kappa shape index (κ2) is 8.01. The number of hydrogen-bond donors (Lipinski definition) is 2. The molecule has 0 bridgehead atoms. The Morgan fingerprint density at radius 2 is 1.96 bits per heavy atom. The number of rotatable bonds is 7. The number of aromatic nitrogens is 2. The summed E-state index contributed by atoms with van der Waals surface area (Å²) in [5.74, 6) is -1.68. The van der Waals surface area contributed by atoms with Crippen LogP contribution in [0.1, 0.15) is 27.3 Å². The number of carboxylic acids is 1. The van der Waals surface area contributed by atoms with Crippen LogP contribution in [0.2, 0.25) is 0 Å². The van der Waals surface area contributed by atoms with Crippen molar-refractivity contribution in [3.8, 4) is 11.4 Å². The highest BCUT2D eigenvalue weighted by Crippen LogP contribution is 2.23. The van der Waals surface area contributed by atoms with Crippen LogP contribution in [0.25, 0.3) is 5.69 Å². The van der Waals surface area contributed by atoms with Gasteiger partial charge in [-0.1, -0.05) is 24.3 Å². The van der Waals surface area contributed by atoms with Gasteiger partial charge in [0.25, 0.3) is 0 Å². The van der Waals surface area contributed by atoms with Crippen molar-refractivity contribution in [2.24, 2.45) is 0 Å². The highest BCUT2D eigenvalue weighted by molar-refractivity contribution is 5.90. The van der Waals surface area contributed by atoms with E-state index in [-0.39, 0.29) is 24.5 Å². The maximum atomic E-state index is 14.2. The summed E-state index contributed by atoms with van der Waals surface area (Å²) in [6.45, 7) is 1.38. The Morgan fingerprint density at radius 1 is 1.22 bits per heavy atom. The first kappa shape index (κ1) is 18.6. The van der Waals surface area contributed by atoms with Gasteiger partial charge in [-0.05, 0) is 43.2 Å². The largest absolute Gasteiger partial charge is 0.484 e. The number of ether oxygens (including phenoxy) is 1. The van der Waals surface area contributed by atoms with E-state index in [1.807, 2.05) is 18.2 Å². The summed E-state index contributed by atoms with van der Waals surface area (Å²) < 4.78 is 21.3. The molecule has 1 heterocycles. The number of aliphatic hydroxyl groups is 1. The molecule has 0 unspecified atom stereocenters. The van der Waals surface area contributed by atoms with Crippen molar-refractivity contribution in [3.05, 3.63) is 76.9 Å². The Hall–Kier alpha value is -3.19. The van der Waals surface area contributed by atoms with Crippen molar-refractivity contribution in [1.82, 2.24) is 9.78 Å². The summed E-state index contributed by atoms with van der Waals surface area (Å²) in [6.07, 6.45) is 0.348. The lowest BCUT2D eigenvalue weighted by molar-refractivity contribution is 0.0693. The average Bonchev–Trinajstić information content (AvgIpc) is 2.98. The predicted molar refractivity (Wildman–Crippen MR) is 96.8 cm³/mol. The molecule has 0 saturated carbocycles. The number of carboxylic acid groups (broad SMARTS) is 1. The number of aliphatic hydroxyl groups excluding tert-OH is 1. The number of para-hydroxylation sites is 1. The molecule has 0 aliphatic carbocycles. The molecular formula is C20H19FN2O4. The number of nitrogens with zero attached hydrogens (tertiary/aromatic N) is 2. The molecule has 2 aromatic carbocycles. The molecule has 27 heavy (non-hydrogen) atoms. The molecule has 0 atom stereocenters. The molecule has 1 aromatic heterocycles. The van der Waals surface area contributed by atoms with Gasteiger partial charge in [0.15, 0.2) is 11.6 Å². The van der Waals surface area contributed by atoms with E-state index in [1.54, 1.807) is 25.1 Å². The van der Waals surface area contributed by atoms with Gasteiger partial charge in [-0.3, -0.25) is 0 Å². The quantitative estimate of drug-likeness (QED) is 0.667. The van der Waals surface area contributed by atoms with E-state index in [0.717, 1.165) is 0 Å². The van der Waals surface area contributed by atoms with Gasteiger partial charge in [0.2, 0.25) is 0 Å². The van der Waals surface area contributed by atoms with E-state index >= 15 is 0 Å². The maximum absolute atomic E-state index is 14.2. The van der Waals surface area contributed by atoms with E-state index in [9.17, 15) is 14.3 Å². The zero-order valence-corrected chi connectivity index (χ0v) is 14.7. The van der Waals surface area contributed by atoms with Crippen molar-refractivity contribution in [2.75, 3.05) is 6.61 Å². The number of halogens is 1. The smallest absolute Gasteiger partial charge is 0.339 e. The van der Waals surface area contributed by atoms with Gasteiger partial charge < -0.3 is 14.9 Å². The van der Waals surface area contributed by atoms with E-state index in [2.05, 4.69) is 5.10 Å². The van der Waals surface area contributed by atoms with Crippen LogP contribution in [0.15, 0.2) is 48.5 Å². The number of aryl methyl sites for hydroxylation is 1. The Labute approximate surface area is 155 Å². The number of aromatic carboxylic acids is 1. The SMILES string of the molecule is Cc1nn(-c2ccccc2)c(COc2ccc(CCO)cc2F)c1C(=O)O. The molecule has 3 rings (SSSR count). The summed E-state index contributed by atoms with van der Waals surface area (Å²) in [5, 5.41) is 22.8. The van der Waals surface area contributed by atoms with Gasteiger partial charge in [-0.25, -0.2) is 13.9 Å². The van der Waals surface area contributed by atoms with Gasteiger partial charge >= 0.3 is 5.97 Å². The lowest BCUT2D eigenvalue weighted by Gasteiger charge is -2.11. The molecule has 0 spiro atoms. The summed E-state index contributed by atoms with van der Waals surface area (Å²) >= 11 is 0. The summed E-state index contributed by atoms with van der Waals surface area (Å²) in [6, 6.07) is 13.5. The van der Waals surface area contributed by atoms with Gasteiger partial charge in [0.1, 0.15) is 12.2 Å². The Balaban J connectivity index is 1.93. The van der Waals surface area contributed by atoms with Crippen molar-refractivity contribution in [1.29, 1.82) is 0 Å². The first-order valence-electron chi connectivity index (χ1n) is 8.40. The lowest BCUT2D eigenvalue weighted by atomic mass is 10.1. The van der Waals surface area contributed by atoms with Crippen molar-refractivity contribution in [3.63, 3.8) is 0 Å². The van der Waals surface area contributed by atoms with Crippen molar-refractivity contribution < 1.29 is 24.1 Å². The lowest BCUT2D eigenvalue weighted by Crippen LogP contribution is -2.10. The van der Waals surface area contributed by atoms with Gasteiger partial charge in [-0.2, -0.15) is 5.10 Å². The van der Waals surface area contributed by atoms with Crippen LogP contribution >= 0.6 is 0 Å². The fraction of sp³-hybridized carbons (Fsp3) is 0.200. The zero-order valence-electron chi connectivity index (χ0n) is 14.7. The molecule has 0 fully saturated rings. The van der Waals surface area contributed by atoms with Crippen LogP contribution in [-0.4, -0.2) is 32.6 Å². The molecule has 0 saturated heterocycles. The molecule has 7 heteroatoms. The number of benzene rings is 2. The third-order valence-electron chi connectivity index (χ3n) is 4.13. The van der Waals surface area contributed by atoms with Gasteiger partial charge in [0, 0.05) is 6.61 Å². The molecule has 0 aliphatic rings. The molecule has 6 nitrogen and oxygen atoms in total. The number of hydrogen-bond acceptors (Lipinski definition) is 4. The van der Waals surface area contributed by atoms with E-state index in [1.165, 1.54) is 16.8 Å². The van der Waals surface area contributed by atoms with Crippen LogP contribution in [0.5, 0.6) is 5.75 Å². The van der Waals surface area contributed by atoms with Crippen LogP contribution in [0.4, 0.5) is 4.39 Å². The van der Waals surface area contributed by atoms with E-state index < -0.39 is 11.8 Å². The predicted octanol–water partition coefficient (Wildman–Crippen LogP) is 3.13. The Kier molecular flexibility index (Phi) is 5.52. The fourth-order valence-corrected chi connectivity index (χ4v) is 2.86. The van der Waals surface area contributed by atoms with E-state index in [0.29, 0.717) is 29.1 Å². The Bertz CT molecular complexity index is 954. The third-order valence-corrected chi connectivity index (χ3v) is 4.13. The minimum absolute atomic E-state index is 0.00601. The normalized spacial score (nSPS) is 10.8. The standard InChI is InChI=1S/C20H19FN2O4/c1-13-19(20(25)26)17(23(22-13)15-5-3-2-4-6-15)12-27-18-8-7-14(9-10-24)11-16(18)21/h2-8,11,24H,9-10,12H2,1H3,(H,25,26). The molecular weight excluding hydrogens is 351 g/mol. The average molecular weight is 370 g/mol. The topological polar surface area (TPSA) is 84.6 Å². The molecule has 0 radical (unpaired) electrons. The second-order valence-electron chi connectivity index (χ2n) is 5.99. The van der Waals surface area contributed by atoms with Crippen LogP contribution in [-0.2, 0) is 13.0 Å². The molecule has 140 valence electrons. The first-order chi connectivity index (χ1) is 13.0. The maximum Gasteiger partial charge on any atom is 0.339 e. The molecule has 2 N–H and O–H groups in total. The highest BCUT2D eigenvalue weighted by Gasteiger charge is 2.22. The summed E-state index contributed by atoms with van der Waals surface area (Å²) in [4.78, 5) is 11.7. The van der Waals surface area contributed by atoms with E-state index in [4.69, 9.17) is 9.84 Å². The van der Waals surface area contributed by atoms with Crippen molar-refractivity contribution in [2.45, 2.75) is 20.0 Å². The Morgan fingerprint density at radius 3 is 2.59 bits per heavy atom. The summed E-state index contributed by atoms with van der Waals surface area (Å²) in [7, 11) is 0. The molecule has 3 aromatic rings. The minimum atomic E-state index is -1.12. The van der Waals surface area contributed by atoms with Crippen LogP contribution in [0.3, 0.4) is 0 Å². The monoisotopic (exact) mass is 370 g/mol. The minimum Gasteiger partial charge on any atom is -0.484 e. The first-order valence-corrected chi connectivity index (χ1v) is 8.40. The van der Waals surface area contributed by atoms with Crippen LogP contribution < -0.4 is 4.74 Å². The van der Waals surface area contributed by atoms with Gasteiger partial charge in [-0.15, -0.1) is 0 Å². The highest BCUT2D eigenvalue weighted by atomic mass is 19.1. The number of carbonyl (C=O) groups is 1. The fourth-order valence-electron chi connectivity index (χ4n) is 2.86. The zero-order chi connectivity index (χ0) is 19.4.